The highest BCUT2D eigenvalue weighted by atomic mass is 19.3. The molecule has 21 heavy (non-hydrogen) atoms. The van der Waals surface area contributed by atoms with Crippen molar-refractivity contribution >= 4 is 5.91 Å². The van der Waals surface area contributed by atoms with Crippen LogP contribution in [0.1, 0.15) is 49.8 Å². The third-order valence-electron chi connectivity index (χ3n) is 5.09. The Labute approximate surface area is 123 Å². The maximum atomic E-state index is 13.5. The smallest absolute Gasteiger partial charge is 0.252 e. The van der Waals surface area contributed by atoms with Gasteiger partial charge in [-0.3, -0.25) is 9.78 Å². The van der Waals surface area contributed by atoms with Gasteiger partial charge in [-0.2, -0.15) is 0 Å². The van der Waals surface area contributed by atoms with E-state index in [4.69, 9.17) is 0 Å². The SMILES string of the molecule is CC[C@]1(C(F)F)C[C@@H]2CC[C@@H](c3cncc(C)c3)N2C1=O. The zero-order valence-corrected chi connectivity index (χ0v) is 12.4. The first-order valence-corrected chi connectivity index (χ1v) is 7.52. The highest BCUT2D eigenvalue weighted by Gasteiger charge is 2.59. The van der Waals surface area contributed by atoms with E-state index in [9.17, 15) is 13.6 Å². The van der Waals surface area contributed by atoms with Crippen molar-refractivity contribution in [2.45, 2.75) is 58.0 Å². The van der Waals surface area contributed by atoms with E-state index in [0.29, 0.717) is 0 Å². The van der Waals surface area contributed by atoms with Gasteiger partial charge in [0.2, 0.25) is 5.91 Å². The maximum absolute atomic E-state index is 13.5. The number of carbonyl (C=O) groups excluding carboxylic acids is 1. The average Bonchev–Trinajstić information content (AvgIpc) is 2.98. The Morgan fingerprint density at radius 1 is 1.43 bits per heavy atom. The predicted molar refractivity (Wildman–Crippen MR) is 74.9 cm³/mol. The van der Waals surface area contributed by atoms with Crippen molar-refractivity contribution in [2.24, 2.45) is 5.41 Å². The number of nitrogens with zero attached hydrogens (tertiary/aromatic N) is 2. The van der Waals surface area contributed by atoms with Gasteiger partial charge in [0.05, 0.1) is 6.04 Å². The summed E-state index contributed by atoms with van der Waals surface area (Å²) >= 11 is 0. The van der Waals surface area contributed by atoms with Gasteiger partial charge < -0.3 is 4.90 Å². The lowest BCUT2D eigenvalue weighted by Gasteiger charge is -2.29. The quantitative estimate of drug-likeness (QED) is 0.855. The molecule has 0 unspecified atom stereocenters. The number of alkyl halides is 2. The molecule has 1 aromatic heterocycles. The van der Waals surface area contributed by atoms with Crippen LogP contribution in [0.25, 0.3) is 0 Å². The van der Waals surface area contributed by atoms with Gasteiger partial charge in [0.1, 0.15) is 5.41 Å². The number of halogens is 2. The topological polar surface area (TPSA) is 33.2 Å². The number of pyridine rings is 1. The maximum Gasteiger partial charge on any atom is 0.252 e. The number of carbonyl (C=O) groups is 1. The molecule has 0 radical (unpaired) electrons. The zero-order valence-electron chi connectivity index (χ0n) is 12.4. The molecule has 2 saturated heterocycles. The molecule has 3 heterocycles. The number of fused-ring (bicyclic) bond motifs is 1. The molecule has 0 bridgehead atoms. The van der Waals surface area contributed by atoms with Crippen molar-refractivity contribution in [1.82, 2.24) is 9.88 Å². The number of rotatable bonds is 3. The third kappa shape index (κ3) is 2.05. The van der Waals surface area contributed by atoms with Gasteiger partial charge >= 0.3 is 0 Å². The second-order valence-corrected chi connectivity index (χ2v) is 6.27. The first-order valence-electron chi connectivity index (χ1n) is 7.52. The van der Waals surface area contributed by atoms with Crippen LogP contribution in [-0.4, -0.2) is 28.3 Å². The van der Waals surface area contributed by atoms with Gasteiger partial charge in [-0.05, 0) is 43.7 Å². The Hall–Kier alpha value is -1.52. The van der Waals surface area contributed by atoms with Crippen molar-refractivity contribution < 1.29 is 13.6 Å². The molecule has 0 spiro atoms. The molecule has 3 atom stereocenters. The molecule has 2 aliphatic heterocycles. The average molecular weight is 294 g/mol. The van der Waals surface area contributed by atoms with E-state index in [-0.39, 0.29) is 30.8 Å². The van der Waals surface area contributed by atoms with Crippen molar-refractivity contribution in [3.05, 3.63) is 29.6 Å². The molecule has 2 fully saturated rings. The van der Waals surface area contributed by atoms with Gasteiger partial charge in [-0.1, -0.05) is 13.0 Å². The lowest BCUT2D eigenvalue weighted by atomic mass is 9.81. The third-order valence-corrected chi connectivity index (χ3v) is 5.09. The number of aromatic nitrogens is 1. The minimum Gasteiger partial charge on any atom is -0.332 e. The summed E-state index contributed by atoms with van der Waals surface area (Å²) in [4.78, 5) is 18.6. The van der Waals surface area contributed by atoms with E-state index in [1.54, 1.807) is 24.2 Å². The van der Waals surface area contributed by atoms with Crippen LogP contribution in [0.4, 0.5) is 8.78 Å². The predicted octanol–water partition coefficient (Wildman–Crippen LogP) is 3.49. The molecule has 114 valence electrons. The van der Waals surface area contributed by atoms with E-state index in [0.717, 1.165) is 24.0 Å². The minimum absolute atomic E-state index is 0.0445. The summed E-state index contributed by atoms with van der Waals surface area (Å²) in [5.74, 6) is -0.367. The van der Waals surface area contributed by atoms with Gasteiger partial charge in [0.15, 0.2) is 0 Å². The van der Waals surface area contributed by atoms with Crippen LogP contribution < -0.4 is 0 Å². The van der Waals surface area contributed by atoms with Gasteiger partial charge in [-0.25, -0.2) is 8.78 Å². The van der Waals surface area contributed by atoms with Crippen LogP contribution in [0, 0.1) is 12.3 Å². The first kappa shape index (κ1) is 14.4. The molecule has 3 nitrogen and oxygen atoms in total. The fourth-order valence-corrected chi connectivity index (χ4v) is 3.88. The van der Waals surface area contributed by atoms with Crippen LogP contribution in [-0.2, 0) is 4.79 Å². The Bertz CT molecular complexity index is 563. The van der Waals surface area contributed by atoms with E-state index >= 15 is 0 Å². The van der Waals surface area contributed by atoms with E-state index in [1.807, 2.05) is 13.0 Å². The van der Waals surface area contributed by atoms with Crippen LogP contribution in [0.5, 0.6) is 0 Å². The summed E-state index contributed by atoms with van der Waals surface area (Å²) in [5.41, 5.74) is 0.519. The molecule has 1 amide bonds. The summed E-state index contributed by atoms with van der Waals surface area (Å²) in [6.07, 6.45) is 3.06. The molecule has 0 aromatic carbocycles. The fraction of sp³-hybridized carbons (Fsp3) is 0.625. The van der Waals surface area contributed by atoms with Gasteiger partial charge in [0.25, 0.3) is 6.43 Å². The van der Waals surface area contributed by atoms with Crippen molar-refractivity contribution in [1.29, 1.82) is 0 Å². The second-order valence-electron chi connectivity index (χ2n) is 6.27. The zero-order chi connectivity index (χ0) is 15.2. The lowest BCUT2D eigenvalue weighted by Crippen LogP contribution is -2.40. The highest BCUT2D eigenvalue weighted by Crippen LogP contribution is 2.52. The van der Waals surface area contributed by atoms with Gasteiger partial charge in [0, 0.05) is 18.4 Å². The Kier molecular flexibility index (Phi) is 3.46. The molecule has 0 saturated carbocycles. The highest BCUT2D eigenvalue weighted by molar-refractivity contribution is 5.86. The number of amides is 1. The van der Waals surface area contributed by atoms with Crippen molar-refractivity contribution in [3.63, 3.8) is 0 Å². The molecule has 0 N–H and O–H groups in total. The minimum atomic E-state index is -2.59. The normalized spacial score (nSPS) is 32.0. The van der Waals surface area contributed by atoms with Crippen molar-refractivity contribution in [3.8, 4) is 0 Å². The molecular formula is C16H20F2N2O. The van der Waals surface area contributed by atoms with E-state index < -0.39 is 11.8 Å². The largest absolute Gasteiger partial charge is 0.332 e. The lowest BCUT2D eigenvalue weighted by molar-refractivity contribution is -0.146. The summed E-state index contributed by atoms with van der Waals surface area (Å²) < 4.78 is 27.0. The second kappa shape index (κ2) is 5.04. The van der Waals surface area contributed by atoms with Gasteiger partial charge in [-0.15, -0.1) is 0 Å². The fourth-order valence-electron chi connectivity index (χ4n) is 3.88. The Balaban J connectivity index is 1.94. The van der Waals surface area contributed by atoms with Crippen LogP contribution >= 0.6 is 0 Å². The number of aryl methyl sites for hydroxylation is 1. The molecule has 0 aliphatic carbocycles. The van der Waals surface area contributed by atoms with Crippen LogP contribution in [0.2, 0.25) is 0 Å². The van der Waals surface area contributed by atoms with E-state index in [1.165, 1.54) is 0 Å². The van der Waals surface area contributed by atoms with E-state index in [2.05, 4.69) is 4.98 Å². The Morgan fingerprint density at radius 3 is 2.81 bits per heavy atom. The standard InChI is InChI=1S/C16H20F2N2O/c1-3-16(14(17)18)7-12-4-5-13(20(12)15(16)21)11-6-10(2)8-19-9-11/h6,8-9,12-14H,3-5,7H2,1-2H3/t12-,13-,16+/m0/s1. The molecule has 5 heteroatoms. The van der Waals surface area contributed by atoms with Crippen LogP contribution in [0.3, 0.4) is 0 Å². The summed E-state index contributed by atoms with van der Waals surface area (Å²) in [5, 5.41) is 0. The number of hydrogen-bond donors (Lipinski definition) is 0. The number of hydrogen-bond acceptors (Lipinski definition) is 2. The van der Waals surface area contributed by atoms with Crippen molar-refractivity contribution in [2.75, 3.05) is 0 Å². The first-order chi connectivity index (χ1) is 9.99. The molecular weight excluding hydrogens is 274 g/mol. The van der Waals surface area contributed by atoms with Crippen LogP contribution in [0.15, 0.2) is 18.5 Å². The molecule has 3 rings (SSSR count). The molecule has 1 aromatic rings. The summed E-state index contributed by atoms with van der Waals surface area (Å²) in [6.45, 7) is 3.64. The monoisotopic (exact) mass is 294 g/mol. The molecule has 2 aliphatic rings. The summed E-state index contributed by atoms with van der Waals surface area (Å²) in [6, 6.07) is 1.86. The summed E-state index contributed by atoms with van der Waals surface area (Å²) in [7, 11) is 0. The Morgan fingerprint density at radius 2 is 2.19 bits per heavy atom.